The molecule has 1 amide bonds. The van der Waals surface area contributed by atoms with Gasteiger partial charge in [0.1, 0.15) is 5.82 Å². The third-order valence-corrected chi connectivity index (χ3v) is 2.71. The van der Waals surface area contributed by atoms with Crippen molar-refractivity contribution in [2.24, 2.45) is 7.05 Å². The average molecular weight is 284 g/mol. The molecule has 2 aromatic heterocycles. The van der Waals surface area contributed by atoms with Crippen LogP contribution in [0.4, 0.5) is 5.82 Å². The highest BCUT2D eigenvalue weighted by Gasteiger charge is 2.10. The van der Waals surface area contributed by atoms with Crippen molar-refractivity contribution in [3.63, 3.8) is 0 Å². The minimum atomic E-state index is -0.267. The molecule has 0 aliphatic rings. The van der Waals surface area contributed by atoms with Crippen molar-refractivity contribution in [1.82, 2.24) is 14.8 Å². The van der Waals surface area contributed by atoms with Gasteiger partial charge in [0.25, 0.3) is 5.91 Å². The second kappa shape index (κ2) is 6.68. The highest BCUT2D eigenvalue weighted by molar-refractivity contribution is 6.03. The van der Waals surface area contributed by atoms with Gasteiger partial charge < -0.3 is 10.4 Å². The lowest BCUT2D eigenvalue weighted by atomic mass is 10.2. The number of hydrogen-bond donors (Lipinski definition) is 2. The van der Waals surface area contributed by atoms with Gasteiger partial charge in [-0.15, -0.1) is 0 Å². The Hall–Kier alpha value is -2.65. The number of carbonyl (C=O) groups is 1. The van der Waals surface area contributed by atoms with Crippen molar-refractivity contribution in [1.29, 1.82) is 0 Å². The van der Waals surface area contributed by atoms with Gasteiger partial charge in [-0.1, -0.05) is 11.8 Å². The maximum atomic E-state index is 12.2. The Balaban J connectivity index is 2.14. The van der Waals surface area contributed by atoms with Crippen molar-refractivity contribution >= 4 is 11.7 Å². The molecule has 0 saturated heterocycles. The summed E-state index contributed by atoms with van der Waals surface area (Å²) in [6.07, 6.45) is 3.45. The summed E-state index contributed by atoms with van der Waals surface area (Å²) in [5.74, 6) is 6.00. The summed E-state index contributed by atoms with van der Waals surface area (Å²) in [5, 5.41) is 15.6. The smallest absolute Gasteiger partial charge is 0.258 e. The Morgan fingerprint density at radius 1 is 1.43 bits per heavy atom. The number of carbonyl (C=O) groups excluding carboxylic acids is 1. The lowest BCUT2D eigenvalue weighted by Crippen LogP contribution is -2.14. The van der Waals surface area contributed by atoms with Crippen LogP contribution < -0.4 is 5.32 Å². The van der Waals surface area contributed by atoms with Gasteiger partial charge in [0.05, 0.1) is 17.9 Å². The first-order valence-electron chi connectivity index (χ1n) is 6.47. The van der Waals surface area contributed by atoms with E-state index >= 15 is 0 Å². The highest BCUT2D eigenvalue weighted by Crippen LogP contribution is 2.10. The van der Waals surface area contributed by atoms with E-state index in [-0.39, 0.29) is 12.5 Å². The van der Waals surface area contributed by atoms with Crippen LogP contribution in [-0.4, -0.2) is 32.4 Å². The number of anilines is 1. The maximum absolute atomic E-state index is 12.2. The molecule has 6 nitrogen and oxygen atoms in total. The zero-order valence-corrected chi connectivity index (χ0v) is 11.9. The summed E-state index contributed by atoms with van der Waals surface area (Å²) in [7, 11) is 1.76. The molecular weight excluding hydrogens is 268 g/mol. The Labute approximate surface area is 122 Å². The van der Waals surface area contributed by atoms with E-state index in [2.05, 4.69) is 27.2 Å². The normalized spacial score (nSPS) is 9.86. The number of nitrogens with zero attached hydrogens (tertiary/aromatic N) is 3. The van der Waals surface area contributed by atoms with E-state index in [9.17, 15) is 4.79 Å². The number of aliphatic hydroxyl groups is 1. The second-order valence-corrected chi connectivity index (χ2v) is 4.49. The van der Waals surface area contributed by atoms with Crippen LogP contribution in [0.3, 0.4) is 0 Å². The third-order valence-electron chi connectivity index (χ3n) is 2.71. The van der Waals surface area contributed by atoms with Crippen molar-refractivity contribution in [2.75, 3.05) is 11.9 Å². The first-order valence-corrected chi connectivity index (χ1v) is 6.47. The van der Waals surface area contributed by atoms with Crippen molar-refractivity contribution in [3.05, 3.63) is 41.3 Å². The highest BCUT2D eigenvalue weighted by atomic mass is 16.2. The van der Waals surface area contributed by atoms with Crippen LogP contribution in [0.25, 0.3) is 0 Å². The molecule has 2 N–H and O–H groups in total. The van der Waals surface area contributed by atoms with Crippen LogP contribution >= 0.6 is 0 Å². The van der Waals surface area contributed by atoms with Crippen LogP contribution in [-0.2, 0) is 7.05 Å². The molecule has 21 heavy (non-hydrogen) atoms. The van der Waals surface area contributed by atoms with Crippen molar-refractivity contribution in [2.45, 2.75) is 13.3 Å². The second-order valence-electron chi connectivity index (χ2n) is 4.49. The standard InChI is InChI=1S/C15H16N4O2/c1-11-7-14(19(2)18-11)17-15(21)13-8-12(9-16-10-13)5-3-4-6-20/h7-10,20H,4,6H2,1-2H3,(H,17,21). The summed E-state index contributed by atoms with van der Waals surface area (Å²) in [6.45, 7) is 1.87. The number of hydrogen-bond acceptors (Lipinski definition) is 4. The Morgan fingerprint density at radius 2 is 2.24 bits per heavy atom. The van der Waals surface area contributed by atoms with Gasteiger partial charge in [-0.2, -0.15) is 5.10 Å². The van der Waals surface area contributed by atoms with E-state index in [1.54, 1.807) is 30.1 Å². The lowest BCUT2D eigenvalue weighted by Gasteiger charge is -2.05. The fourth-order valence-corrected chi connectivity index (χ4v) is 1.77. The number of aryl methyl sites for hydroxylation is 2. The summed E-state index contributed by atoms with van der Waals surface area (Å²) >= 11 is 0. The molecule has 0 saturated carbocycles. The van der Waals surface area contributed by atoms with Gasteiger partial charge in [0.15, 0.2) is 0 Å². The summed E-state index contributed by atoms with van der Waals surface area (Å²) in [6, 6.07) is 3.45. The van der Waals surface area contributed by atoms with Gasteiger partial charge in [-0.3, -0.25) is 14.5 Å². The first kappa shape index (κ1) is 14.8. The molecule has 0 fully saturated rings. The zero-order chi connectivity index (χ0) is 15.2. The fraction of sp³-hybridized carbons (Fsp3) is 0.267. The predicted octanol–water partition coefficient (Wildman–Crippen LogP) is 1.11. The number of aliphatic hydroxyl groups excluding tert-OH is 1. The molecule has 2 heterocycles. The molecule has 0 aromatic carbocycles. The summed E-state index contributed by atoms with van der Waals surface area (Å²) < 4.78 is 1.60. The molecule has 0 unspecified atom stereocenters. The van der Waals surface area contributed by atoms with E-state index in [1.807, 2.05) is 6.92 Å². The molecule has 0 bridgehead atoms. The number of pyridine rings is 1. The monoisotopic (exact) mass is 284 g/mol. The maximum Gasteiger partial charge on any atom is 0.258 e. The van der Waals surface area contributed by atoms with Gasteiger partial charge in [0.2, 0.25) is 0 Å². The third kappa shape index (κ3) is 3.91. The number of rotatable bonds is 3. The lowest BCUT2D eigenvalue weighted by molar-refractivity contribution is 0.102. The van der Waals surface area contributed by atoms with Crippen LogP contribution in [0.1, 0.15) is 28.0 Å². The Morgan fingerprint density at radius 3 is 2.90 bits per heavy atom. The quantitative estimate of drug-likeness (QED) is 0.827. The molecule has 2 rings (SSSR count). The van der Waals surface area contributed by atoms with E-state index in [0.717, 1.165) is 5.69 Å². The molecule has 0 aliphatic heterocycles. The molecule has 0 aliphatic carbocycles. The minimum Gasteiger partial charge on any atom is -0.395 e. The van der Waals surface area contributed by atoms with Crippen LogP contribution in [0.2, 0.25) is 0 Å². The number of amides is 1. The summed E-state index contributed by atoms with van der Waals surface area (Å²) in [4.78, 5) is 16.2. The number of nitrogens with one attached hydrogen (secondary N) is 1. The van der Waals surface area contributed by atoms with Gasteiger partial charge in [0, 0.05) is 37.5 Å². The van der Waals surface area contributed by atoms with E-state index in [4.69, 9.17) is 5.11 Å². The topological polar surface area (TPSA) is 80.0 Å². The van der Waals surface area contributed by atoms with Crippen molar-refractivity contribution in [3.8, 4) is 11.8 Å². The molecule has 0 spiro atoms. The Kier molecular flexibility index (Phi) is 4.69. The van der Waals surface area contributed by atoms with E-state index < -0.39 is 0 Å². The predicted molar refractivity (Wildman–Crippen MR) is 78.7 cm³/mol. The molecule has 6 heteroatoms. The number of aromatic nitrogens is 3. The molecule has 2 aromatic rings. The van der Waals surface area contributed by atoms with Gasteiger partial charge in [-0.25, -0.2) is 0 Å². The van der Waals surface area contributed by atoms with E-state index in [0.29, 0.717) is 23.4 Å². The molecular formula is C15H16N4O2. The average Bonchev–Trinajstić information content (AvgIpc) is 2.77. The minimum absolute atomic E-state index is 0.0143. The molecule has 0 atom stereocenters. The summed E-state index contributed by atoms with van der Waals surface area (Å²) in [5.41, 5.74) is 1.89. The SMILES string of the molecule is Cc1cc(NC(=O)c2cncc(C#CCCO)c2)n(C)n1. The van der Waals surface area contributed by atoms with Crippen molar-refractivity contribution < 1.29 is 9.90 Å². The van der Waals surface area contributed by atoms with Crippen LogP contribution in [0, 0.1) is 18.8 Å². The van der Waals surface area contributed by atoms with E-state index in [1.165, 1.54) is 6.20 Å². The van der Waals surface area contributed by atoms with Gasteiger partial charge >= 0.3 is 0 Å². The fourth-order valence-electron chi connectivity index (χ4n) is 1.77. The Bertz CT molecular complexity index is 710. The zero-order valence-electron chi connectivity index (χ0n) is 11.9. The van der Waals surface area contributed by atoms with Crippen LogP contribution in [0.5, 0.6) is 0 Å². The first-order chi connectivity index (χ1) is 10.1. The van der Waals surface area contributed by atoms with Gasteiger partial charge in [-0.05, 0) is 13.0 Å². The molecule has 0 radical (unpaired) electrons. The van der Waals surface area contributed by atoms with Crippen LogP contribution in [0.15, 0.2) is 24.5 Å². The molecule has 108 valence electrons. The largest absolute Gasteiger partial charge is 0.395 e.